The van der Waals surface area contributed by atoms with Crippen LogP contribution in [-0.2, 0) is 11.2 Å². The second kappa shape index (κ2) is 8.90. The fourth-order valence-electron chi connectivity index (χ4n) is 3.74. The maximum atomic E-state index is 12.8. The van der Waals surface area contributed by atoms with E-state index in [-0.39, 0.29) is 23.8 Å². The number of likely N-dealkylation sites (tertiary alicyclic amines) is 1. The highest BCUT2D eigenvalue weighted by molar-refractivity contribution is 5.98. The minimum absolute atomic E-state index is 0.0212. The van der Waals surface area contributed by atoms with Crippen molar-refractivity contribution >= 4 is 23.5 Å². The molecule has 2 N–H and O–H groups in total. The fourth-order valence-corrected chi connectivity index (χ4v) is 3.74. The molecule has 152 valence electrons. The van der Waals surface area contributed by atoms with E-state index in [1.807, 2.05) is 11.8 Å². The number of carboxylic acid groups (broad SMARTS) is 1. The van der Waals surface area contributed by atoms with E-state index < -0.39 is 5.97 Å². The Bertz CT molecular complexity index is 938. The first-order chi connectivity index (χ1) is 13.8. The number of piperidine rings is 1. The Hall–Kier alpha value is -3.15. The van der Waals surface area contributed by atoms with E-state index in [1.54, 1.807) is 36.4 Å². The van der Waals surface area contributed by atoms with Crippen LogP contribution in [0, 0.1) is 12.8 Å². The number of aromatic carboxylic acids is 1. The lowest BCUT2D eigenvalue weighted by Gasteiger charge is -2.31. The molecule has 0 saturated carbocycles. The summed E-state index contributed by atoms with van der Waals surface area (Å²) in [5, 5.41) is 12.1. The van der Waals surface area contributed by atoms with Crippen LogP contribution in [0.15, 0.2) is 42.5 Å². The summed E-state index contributed by atoms with van der Waals surface area (Å²) in [7, 11) is 0. The zero-order valence-corrected chi connectivity index (χ0v) is 16.8. The molecule has 0 aliphatic carbocycles. The van der Waals surface area contributed by atoms with Gasteiger partial charge in [0.25, 0.3) is 5.91 Å². The van der Waals surface area contributed by atoms with Crippen molar-refractivity contribution in [3.8, 4) is 0 Å². The van der Waals surface area contributed by atoms with E-state index in [1.165, 1.54) is 6.07 Å². The van der Waals surface area contributed by atoms with Crippen LogP contribution in [0.25, 0.3) is 0 Å². The molecule has 6 nitrogen and oxygen atoms in total. The number of carboxylic acids is 1. The van der Waals surface area contributed by atoms with Crippen LogP contribution in [0.1, 0.15) is 51.6 Å². The molecule has 1 heterocycles. The average Bonchev–Trinajstić information content (AvgIpc) is 2.69. The zero-order chi connectivity index (χ0) is 21.0. The predicted molar refractivity (Wildman–Crippen MR) is 111 cm³/mol. The molecule has 1 aliphatic heterocycles. The third-order valence-electron chi connectivity index (χ3n) is 5.29. The van der Waals surface area contributed by atoms with Crippen molar-refractivity contribution in [1.29, 1.82) is 0 Å². The average molecular weight is 394 g/mol. The quantitative estimate of drug-likeness (QED) is 0.809. The zero-order valence-electron chi connectivity index (χ0n) is 16.8. The SMILES string of the molecule is Cc1cc(C(=O)N2CCCC(C)C2)ccc1NC(=O)Cc1ccccc1C(=O)O. The molecule has 2 aromatic rings. The molecular weight excluding hydrogens is 368 g/mol. The van der Waals surface area contributed by atoms with Crippen molar-refractivity contribution in [2.24, 2.45) is 5.92 Å². The summed E-state index contributed by atoms with van der Waals surface area (Å²) in [6.07, 6.45) is 2.14. The second-order valence-electron chi connectivity index (χ2n) is 7.72. The molecule has 1 aliphatic rings. The number of nitrogens with one attached hydrogen (secondary N) is 1. The molecule has 0 spiro atoms. The molecule has 0 radical (unpaired) electrons. The Labute approximate surface area is 170 Å². The summed E-state index contributed by atoms with van der Waals surface area (Å²) >= 11 is 0. The van der Waals surface area contributed by atoms with Gasteiger partial charge in [-0.2, -0.15) is 0 Å². The second-order valence-corrected chi connectivity index (χ2v) is 7.72. The summed E-state index contributed by atoms with van der Waals surface area (Å²) in [6.45, 7) is 5.56. The van der Waals surface area contributed by atoms with Gasteiger partial charge in [0.2, 0.25) is 5.91 Å². The monoisotopic (exact) mass is 394 g/mol. The van der Waals surface area contributed by atoms with Crippen LogP contribution in [0.4, 0.5) is 5.69 Å². The maximum absolute atomic E-state index is 12.8. The number of hydrogen-bond donors (Lipinski definition) is 2. The molecule has 1 unspecified atom stereocenters. The largest absolute Gasteiger partial charge is 0.478 e. The van der Waals surface area contributed by atoms with Crippen LogP contribution in [-0.4, -0.2) is 40.9 Å². The number of carbonyl (C=O) groups excluding carboxylic acids is 2. The van der Waals surface area contributed by atoms with Gasteiger partial charge in [0, 0.05) is 24.3 Å². The molecule has 1 atom stereocenters. The van der Waals surface area contributed by atoms with Crippen molar-refractivity contribution in [3.05, 3.63) is 64.7 Å². The van der Waals surface area contributed by atoms with E-state index in [2.05, 4.69) is 12.2 Å². The first kappa shape index (κ1) is 20.6. The number of anilines is 1. The summed E-state index contributed by atoms with van der Waals surface area (Å²) < 4.78 is 0. The summed E-state index contributed by atoms with van der Waals surface area (Å²) in [5.74, 6) is -0.820. The number of carbonyl (C=O) groups is 3. The predicted octanol–water partition coefficient (Wildman–Crippen LogP) is 3.75. The van der Waals surface area contributed by atoms with Crippen LogP contribution in [0.2, 0.25) is 0 Å². The van der Waals surface area contributed by atoms with Crippen LogP contribution >= 0.6 is 0 Å². The first-order valence-electron chi connectivity index (χ1n) is 9.86. The van der Waals surface area contributed by atoms with Gasteiger partial charge in [0.15, 0.2) is 0 Å². The molecule has 3 rings (SSSR count). The number of hydrogen-bond acceptors (Lipinski definition) is 3. The lowest BCUT2D eigenvalue weighted by Crippen LogP contribution is -2.39. The highest BCUT2D eigenvalue weighted by Gasteiger charge is 2.22. The van der Waals surface area contributed by atoms with Gasteiger partial charge in [-0.05, 0) is 61.1 Å². The summed E-state index contributed by atoms with van der Waals surface area (Å²) in [5.41, 5.74) is 2.61. The van der Waals surface area contributed by atoms with Gasteiger partial charge in [-0.3, -0.25) is 9.59 Å². The Morgan fingerprint density at radius 3 is 2.62 bits per heavy atom. The van der Waals surface area contributed by atoms with Gasteiger partial charge in [-0.15, -0.1) is 0 Å². The van der Waals surface area contributed by atoms with Crippen LogP contribution in [0.5, 0.6) is 0 Å². The normalized spacial score (nSPS) is 16.3. The number of benzene rings is 2. The smallest absolute Gasteiger partial charge is 0.335 e. The molecule has 2 amide bonds. The minimum atomic E-state index is -1.06. The lowest BCUT2D eigenvalue weighted by molar-refractivity contribution is -0.115. The molecule has 0 aromatic heterocycles. The molecule has 1 fully saturated rings. The molecule has 1 saturated heterocycles. The first-order valence-corrected chi connectivity index (χ1v) is 9.86. The lowest BCUT2D eigenvalue weighted by atomic mass is 9.99. The summed E-state index contributed by atoms with van der Waals surface area (Å²) in [6, 6.07) is 11.7. The van der Waals surface area contributed by atoms with Crippen LogP contribution in [0.3, 0.4) is 0 Å². The number of nitrogens with zero attached hydrogens (tertiary/aromatic N) is 1. The minimum Gasteiger partial charge on any atom is -0.478 e. The van der Waals surface area contributed by atoms with Crippen LogP contribution < -0.4 is 5.32 Å². The third-order valence-corrected chi connectivity index (χ3v) is 5.29. The number of aryl methyl sites for hydroxylation is 1. The molecule has 29 heavy (non-hydrogen) atoms. The molecule has 0 bridgehead atoms. The van der Waals surface area contributed by atoms with Crippen molar-refractivity contribution < 1.29 is 19.5 Å². The van der Waals surface area contributed by atoms with E-state index in [0.717, 1.165) is 31.5 Å². The van der Waals surface area contributed by atoms with Crippen molar-refractivity contribution in [1.82, 2.24) is 4.90 Å². The topological polar surface area (TPSA) is 86.7 Å². The Morgan fingerprint density at radius 1 is 1.17 bits per heavy atom. The standard InChI is InChI=1S/C23H26N2O4/c1-15-6-5-11-25(14-15)22(27)18-9-10-20(16(2)12-18)24-21(26)13-17-7-3-4-8-19(17)23(28)29/h3-4,7-10,12,15H,5-6,11,13-14H2,1-2H3,(H,24,26)(H,28,29). The molecule has 2 aromatic carbocycles. The Kier molecular flexibility index (Phi) is 6.32. The van der Waals surface area contributed by atoms with Gasteiger partial charge in [-0.25, -0.2) is 4.79 Å². The van der Waals surface area contributed by atoms with Gasteiger partial charge in [0.05, 0.1) is 12.0 Å². The summed E-state index contributed by atoms with van der Waals surface area (Å²) in [4.78, 5) is 38.4. The number of amides is 2. The van der Waals surface area contributed by atoms with E-state index in [4.69, 9.17) is 0 Å². The van der Waals surface area contributed by atoms with E-state index in [0.29, 0.717) is 22.7 Å². The van der Waals surface area contributed by atoms with Gasteiger partial charge in [-0.1, -0.05) is 25.1 Å². The Balaban J connectivity index is 1.68. The number of rotatable bonds is 5. The highest BCUT2D eigenvalue weighted by Crippen LogP contribution is 2.22. The molecular formula is C23H26N2O4. The van der Waals surface area contributed by atoms with Gasteiger partial charge in [0.1, 0.15) is 0 Å². The van der Waals surface area contributed by atoms with E-state index >= 15 is 0 Å². The van der Waals surface area contributed by atoms with Gasteiger partial charge < -0.3 is 15.3 Å². The third kappa shape index (κ3) is 5.02. The maximum Gasteiger partial charge on any atom is 0.335 e. The van der Waals surface area contributed by atoms with Crippen molar-refractivity contribution in [3.63, 3.8) is 0 Å². The van der Waals surface area contributed by atoms with E-state index in [9.17, 15) is 19.5 Å². The Morgan fingerprint density at radius 2 is 1.93 bits per heavy atom. The van der Waals surface area contributed by atoms with Crippen molar-refractivity contribution in [2.75, 3.05) is 18.4 Å². The fraction of sp³-hybridized carbons (Fsp3) is 0.348. The van der Waals surface area contributed by atoms with Gasteiger partial charge >= 0.3 is 5.97 Å². The molecule has 6 heteroatoms. The highest BCUT2D eigenvalue weighted by atomic mass is 16.4. The van der Waals surface area contributed by atoms with Crippen molar-refractivity contribution in [2.45, 2.75) is 33.1 Å².